The van der Waals surface area contributed by atoms with Crippen LogP contribution in [0.5, 0.6) is 0 Å². The minimum Gasteiger partial charge on any atom is -0.481 e. The first-order valence-corrected chi connectivity index (χ1v) is 8.38. The maximum absolute atomic E-state index is 12.3. The highest BCUT2D eigenvalue weighted by atomic mass is 16.4. The summed E-state index contributed by atoms with van der Waals surface area (Å²) in [5.41, 5.74) is 1.08. The minimum atomic E-state index is -0.873. The molecule has 0 aliphatic heterocycles. The fourth-order valence-corrected chi connectivity index (χ4v) is 2.53. The number of amides is 2. The Morgan fingerprint density at radius 1 is 1.29 bits per heavy atom. The van der Waals surface area contributed by atoms with E-state index in [2.05, 4.69) is 43.4 Å². The molecule has 0 unspecified atom stereocenters. The van der Waals surface area contributed by atoms with Crippen LogP contribution in [0.4, 0.5) is 10.5 Å². The van der Waals surface area contributed by atoms with Crippen molar-refractivity contribution in [1.82, 2.24) is 15.1 Å². The molecule has 0 saturated heterocycles. The quantitative estimate of drug-likeness (QED) is 0.676. The molecule has 7 nitrogen and oxygen atoms in total. The van der Waals surface area contributed by atoms with Crippen LogP contribution in [0.15, 0.2) is 6.20 Å². The third-order valence-corrected chi connectivity index (χ3v) is 3.63. The van der Waals surface area contributed by atoms with Gasteiger partial charge in [0, 0.05) is 18.5 Å². The van der Waals surface area contributed by atoms with E-state index >= 15 is 0 Å². The van der Waals surface area contributed by atoms with Gasteiger partial charge in [0.15, 0.2) is 0 Å². The van der Waals surface area contributed by atoms with Gasteiger partial charge in [-0.1, -0.05) is 27.7 Å². The van der Waals surface area contributed by atoms with Crippen molar-refractivity contribution in [3.05, 3.63) is 11.9 Å². The number of carboxylic acids is 1. The molecule has 2 amide bonds. The Labute approximate surface area is 143 Å². The van der Waals surface area contributed by atoms with Gasteiger partial charge in [-0.15, -0.1) is 0 Å². The topological polar surface area (TPSA) is 96.3 Å². The SMILES string of the molecule is CC(C)Cn1ncc(NC(=O)NC(C)(C)CCC(=O)O)c1C(C)C. The molecule has 0 fully saturated rings. The molecule has 0 aliphatic rings. The molecule has 0 aromatic carbocycles. The van der Waals surface area contributed by atoms with Gasteiger partial charge in [0.1, 0.15) is 0 Å². The van der Waals surface area contributed by atoms with E-state index in [0.29, 0.717) is 18.0 Å². The molecule has 0 bridgehead atoms. The number of nitrogens with zero attached hydrogens (tertiary/aromatic N) is 2. The van der Waals surface area contributed by atoms with Crippen molar-refractivity contribution < 1.29 is 14.7 Å². The van der Waals surface area contributed by atoms with Crippen LogP contribution < -0.4 is 10.6 Å². The predicted octanol–water partition coefficient (Wildman–Crippen LogP) is 3.43. The van der Waals surface area contributed by atoms with Crippen molar-refractivity contribution in [2.24, 2.45) is 5.92 Å². The average Bonchev–Trinajstić information content (AvgIpc) is 2.77. The maximum atomic E-state index is 12.3. The van der Waals surface area contributed by atoms with E-state index in [-0.39, 0.29) is 18.4 Å². The zero-order valence-corrected chi connectivity index (χ0v) is 15.5. The summed E-state index contributed by atoms with van der Waals surface area (Å²) < 4.78 is 1.93. The molecular weight excluding hydrogens is 308 g/mol. The number of carboxylic acid groups (broad SMARTS) is 1. The number of anilines is 1. The van der Waals surface area contributed by atoms with Crippen LogP contribution in [0.2, 0.25) is 0 Å². The summed E-state index contributed by atoms with van der Waals surface area (Å²) >= 11 is 0. The monoisotopic (exact) mass is 338 g/mol. The highest BCUT2D eigenvalue weighted by Gasteiger charge is 2.23. The molecule has 7 heteroatoms. The molecule has 0 saturated carbocycles. The Kier molecular flexibility index (Phi) is 6.81. The molecule has 1 rings (SSSR count). The highest BCUT2D eigenvalue weighted by molar-refractivity contribution is 5.90. The molecule has 1 aromatic heterocycles. The molecule has 0 spiro atoms. The lowest BCUT2D eigenvalue weighted by molar-refractivity contribution is -0.137. The van der Waals surface area contributed by atoms with E-state index in [4.69, 9.17) is 5.11 Å². The van der Waals surface area contributed by atoms with Crippen LogP contribution in [0.3, 0.4) is 0 Å². The first-order chi connectivity index (χ1) is 11.0. The van der Waals surface area contributed by atoms with Gasteiger partial charge in [0.25, 0.3) is 0 Å². The molecule has 1 heterocycles. The third-order valence-electron chi connectivity index (χ3n) is 3.63. The zero-order chi connectivity index (χ0) is 18.5. The zero-order valence-electron chi connectivity index (χ0n) is 15.5. The fourth-order valence-electron chi connectivity index (χ4n) is 2.53. The second kappa shape index (κ2) is 8.17. The fraction of sp³-hybridized carbons (Fsp3) is 0.706. The average molecular weight is 338 g/mol. The number of carbonyl (C=O) groups excluding carboxylic acids is 1. The van der Waals surface area contributed by atoms with Gasteiger partial charge in [-0.3, -0.25) is 9.48 Å². The molecule has 1 aromatic rings. The van der Waals surface area contributed by atoms with Gasteiger partial charge in [0.05, 0.1) is 17.6 Å². The number of aromatic nitrogens is 2. The largest absolute Gasteiger partial charge is 0.481 e. The molecule has 136 valence electrons. The van der Waals surface area contributed by atoms with Gasteiger partial charge >= 0.3 is 12.0 Å². The van der Waals surface area contributed by atoms with Crippen LogP contribution in [-0.4, -0.2) is 32.4 Å². The summed E-state index contributed by atoms with van der Waals surface area (Å²) in [6.45, 7) is 12.8. The Morgan fingerprint density at radius 3 is 2.42 bits per heavy atom. The normalized spacial score (nSPS) is 11.8. The van der Waals surface area contributed by atoms with Crippen LogP contribution in [0.1, 0.15) is 66.0 Å². The van der Waals surface area contributed by atoms with E-state index in [0.717, 1.165) is 12.2 Å². The van der Waals surface area contributed by atoms with Crippen LogP contribution in [0, 0.1) is 5.92 Å². The predicted molar refractivity (Wildman–Crippen MR) is 94.3 cm³/mol. The van der Waals surface area contributed by atoms with E-state index < -0.39 is 11.5 Å². The van der Waals surface area contributed by atoms with Crippen molar-refractivity contribution in [1.29, 1.82) is 0 Å². The van der Waals surface area contributed by atoms with Gasteiger partial charge in [-0.2, -0.15) is 5.10 Å². The molecule has 24 heavy (non-hydrogen) atoms. The lowest BCUT2D eigenvalue weighted by Gasteiger charge is -2.26. The van der Waals surface area contributed by atoms with Crippen molar-refractivity contribution >= 4 is 17.7 Å². The Hall–Kier alpha value is -2.05. The summed E-state index contributed by atoms with van der Waals surface area (Å²) in [5.74, 6) is -0.192. The smallest absolute Gasteiger partial charge is 0.319 e. The van der Waals surface area contributed by atoms with Gasteiger partial charge < -0.3 is 15.7 Å². The standard InChI is InChI=1S/C17H30N4O3/c1-11(2)10-21-15(12(3)4)13(9-18-21)19-16(24)20-17(5,6)8-7-14(22)23/h9,11-12H,7-8,10H2,1-6H3,(H,22,23)(H2,19,20,24). The number of aliphatic carboxylic acids is 1. The van der Waals surface area contributed by atoms with E-state index in [1.807, 2.05) is 4.68 Å². The second-order valence-corrected chi connectivity index (χ2v) is 7.53. The van der Waals surface area contributed by atoms with Gasteiger partial charge in [0.2, 0.25) is 0 Å². The molecule has 3 N–H and O–H groups in total. The van der Waals surface area contributed by atoms with Gasteiger partial charge in [-0.25, -0.2) is 4.79 Å². The highest BCUT2D eigenvalue weighted by Crippen LogP contribution is 2.25. The van der Waals surface area contributed by atoms with E-state index in [1.165, 1.54) is 0 Å². The maximum Gasteiger partial charge on any atom is 0.319 e. The van der Waals surface area contributed by atoms with E-state index in [1.54, 1.807) is 20.0 Å². The third kappa shape index (κ3) is 6.22. The number of nitrogens with one attached hydrogen (secondary N) is 2. The van der Waals surface area contributed by atoms with Gasteiger partial charge in [-0.05, 0) is 32.1 Å². The lowest BCUT2D eigenvalue weighted by Crippen LogP contribution is -2.45. The summed E-state index contributed by atoms with van der Waals surface area (Å²) in [4.78, 5) is 23.0. The number of hydrogen-bond donors (Lipinski definition) is 3. The summed E-state index contributed by atoms with van der Waals surface area (Å²) in [5, 5.41) is 18.8. The van der Waals surface area contributed by atoms with Crippen LogP contribution in [-0.2, 0) is 11.3 Å². The Balaban J connectivity index is 2.79. The minimum absolute atomic E-state index is 0.0108. The van der Waals surface area contributed by atoms with Crippen LogP contribution >= 0.6 is 0 Å². The first-order valence-electron chi connectivity index (χ1n) is 8.38. The number of rotatable bonds is 8. The molecular formula is C17H30N4O3. The van der Waals surface area contributed by atoms with Crippen molar-refractivity contribution in [3.8, 4) is 0 Å². The van der Waals surface area contributed by atoms with Crippen molar-refractivity contribution in [3.63, 3.8) is 0 Å². The first kappa shape index (κ1) is 20.0. The summed E-state index contributed by atoms with van der Waals surface area (Å²) in [6, 6.07) is -0.351. The Morgan fingerprint density at radius 2 is 1.92 bits per heavy atom. The summed E-state index contributed by atoms with van der Waals surface area (Å²) in [7, 11) is 0. The molecule has 0 atom stereocenters. The number of carbonyl (C=O) groups is 2. The molecule has 0 radical (unpaired) electrons. The number of hydrogen-bond acceptors (Lipinski definition) is 3. The number of urea groups is 1. The molecule has 0 aliphatic carbocycles. The van der Waals surface area contributed by atoms with E-state index in [9.17, 15) is 9.59 Å². The Bertz CT molecular complexity index is 576. The van der Waals surface area contributed by atoms with Crippen LogP contribution in [0.25, 0.3) is 0 Å². The second-order valence-electron chi connectivity index (χ2n) is 7.53. The van der Waals surface area contributed by atoms with Crippen molar-refractivity contribution in [2.45, 2.75) is 72.4 Å². The van der Waals surface area contributed by atoms with Crippen molar-refractivity contribution in [2.75, 3.05) is 5.32 Å². The summed E-state index contributed by atoms with van der Waals surface area (Å²) in [6.07, 6.45) is 2.04. The lowest BCUT2D eigenvalue weighted by atomic mass is 9.99.